The Labute approximate surface area is 175 Å². The maximum Gasteiger partial charge on any atom is 0.224 e. The molecule has 2 aliphatic rings. The Morgan fingerprint density at radius 1 is 1.14 bits per heavy atom. The van der Waals surface area contributed by atoms with Crippen molar-refractivity contribution >= 4 is 29.1 Å². The molecule has 0 saturated heterocycles. The zero-order valence-electron chi connectivity index (χ0n) is 16.3. The number of hydrogen-bond donors (Lipinski definition) is 2. The van der Waals surface area contributed by atoms with Gasteiger partial charge in [0.2, 0.25) is 11.8 Å². The molecule has 1 fully saturated rings. The third kappa shape index (κ3) is 4.91. The Morgan fingerprint density at radius 2 is 1.93 bits per heavy atom. The van der Waals surface area contributed by atoms with Crippen LogP contribution in [0.5, 0.6) is 5.75 Å². The van der Waals surface area contributed by atoms with E-state index in [9.17, 15) is 9.59 Å². The molecule has 0 unspecified atom stereocenters. The zero-order chi connectivity index (χ0) is 20.3. The van der Waals surface area contributed by atoms with Gasteiger partial charge in [0.15, 0.2) is 0 Å². The average molecular weight is 413 g/mol. The minimum atomic E-state index is 0.0567. The number of halogens is 1. The number of benzene rings is 2. The summed E-state index contributed by atoms with van der Waals surface area (Å²) in [5.74, 6) is 0.892. The highest BCUT2D eigenvalue weighted by atomic mass is 35.5. The number of fused-ring (bicyclic) bond motifs is 1. The fourth-order valence-corrected chi connectivity index (χ4v) is 3.88. The van der Waals surface area contributed by atoms with Gasteiger partial charge in [0, 0.05) is 35.5 Å². The number of carbonyl (C=O) groups excluding carboxylic acids is 2. The molecule has 1 saturated carbocycles. The van der Waals surface area contributed by atoms with Crippen molar-refractivity contribution in [3.63, 3.8) is 0 Å². The highest BCUT2D eigenvalue weighted by molar-refractivity contribution is 6.30. The van der Waals surface area contributed by atoms with E-state index >= 15 is 0 Å². The lowest BCUT2D eigenvalue weighted by molar-refractivity contribution is -0.121. The normalized spacial score (nSPS) is 16.5. The minimum Gasteiger partial charge on any atom is -0.494 e. The Balaban J connectivity index is 1.18. The van der Waals surface area contributed by atoms with Crippen LogP contribution in [-0.4, -0.2) is 25.0 Å². The average Bonchev–Trinajstić information content (AvgIpc) is 3.51. The molecule has 0 atom stereocenters. The van der Waals surface area contributed by atoms with E-state index in [1.54, 1.807) is 0 Å². The van der Waals surface area contributed by atoms with Crippen LogP contribution in [0, 0.1) is 0 Å². The van der Waals surface area contributed by atoms with E-state index in [1.807, 2.05) is 30.3 Å². The van der Waals surface area contributed by atoms with Gasteiger partial charge in [-0.2, -0.15) is 0 Å². The van der Waals surface area contributed by atoms with Crippen molar-refractivity contribution in [2.75, 3.05) is 18.5 Å². The first kappa shape index (κ1) is 19.8. The smallest absolute Gasteiger partial charge is 0.224 e. The second-order valence-corrected chi connectivity index (χ2v) is 8.32. The van der Waals surface area contributed by atoms with Crippen molar-refractivity contribution < 1.29 is 14.3 Å². The monoisotopic (exact) mass is 412 g/mol. The highest BCUT2D eigenvalue weighted by Gasteiger charge is 2.44. The molecule has 5 nitrogen and oxygen atoms in total. The van der Waals surface area contributed by atoms with Crippen LogP contribution in [0.4, 0.5) is 5.69 Å². The lowest BCUT2D eigenvalue weighted by atomic mass is 9.96. The van der Waals surface area contributed by atoms with Crippen LogP contribution in [0.25, 0.3) is 0 Å². The van der Waals surface area contributed by atoms with Gasteiger partial charge in [-0.25, -0.2) is 0 Å². The molecule has 2 aromatic carbocycles. The number of rotatable bonds is 8. The summed E-state index contributed by atoms with van der Waals surface area (Å²) >= 11 is 5.97. The second-order valence-electron chi connectivity index (χ2n) is 7.88. The standard InChI is InChI=1S/C23H25ClN2O3/c24-18-6-4-17(5-7-18)23(11-12-23)15-25-21(27)2-1-13-29-19-8-9-20-16(14-19)3-10-22(28)26-20/h4-9,14H,1-3,10-13,15H2,(H,25,27)(H,26,28). The van der Waals surface area contributed by atoms with Gasteiger partial charge in [-0.3, -0.25) is 9.59 Å². The molecule has 29 heavy (non-hydrogen) atoms. The van der Waals surface area contributed by atoms with Crippen LogP contribution in [0.3, 0.4) is 0 Å². The maximum absolute atomic E-state index is 12.2. The molecule has 2 amide bonds. The molecule has 6 heteroatoms. The van der Waals surface area contributed by atoms with Crippen LogP contribution in [-0.2, 0) is 21.4 Å². The van der Waals surface area contributed by atoms with E-state index in [0.29, 0.717) is 32.4 Å². The molecule has 1 aliphatic heterocycles. The van der Waals surface area contributed by atoms with Crippen molar-refractivity contribution in [2.45, 2.75) is 43.9 Å². The van der Waals surface area contributed by atoms with E-state index in [4.69, 9.17) is 16.3 Å². The summed E-state index contributed by atoms with van der Waals surface area (Å²) < 4.78 is 5.78. The molecule has 1 aliphatic carbocycles. The van der Waals surface area contributed by atoms with E-state index in [0.717, 1.165) is 41.3 Å². The van der Waals surface area contributed by atoms with Crippen LogP contribution in [0.1, 0.15) is 43.2 Å². The Hall–Kier alpha value is -2.53. The Bertz CT molecular complexity index is 907. The zero-order valence-corrected chi connectivity index (χ0v) is 17.1. The number of hydrogen-bond acceptors (Lipinski definition) is 3. The number of amides is 2. The van der Waals surface area contributed by atoms with Gasteiger partial charge >= 0.3 is 0 Å². The van der Waals surface area contributed by atoms with Crippen LogP contribution < -0.4 is 15.4 Å². The van der Waals surface area contributed by atoms with Gasteiger partial charge in [0.1, 0.15) is 5.75 Å². The van der Waals surface area contributed by atoms with Crippen LogP contribution in [0.2, 0.25) is 5.02 Å². The van der Waals surface area contributed by atoms with Gasteiger partial charge in [-0.15, -0.1) is 0 Å². The maximum atomic E-state index is 12.2. The van der Waals surface area contributed by atoms with E-state index in [1.165, 1.54) is 5.56 Å². The lowest BCUT2D eigenvalue weighted by Gasteiger charge is -2.18. The molecule has 1 heterocycles. The van der Waals surface area contributed by atoms with Gasteiger partial charge in [0.05, 0.1) is 6.61 Å². The first-order valence-corrected chi connectivity index (χ1v) is 10.5. The van der Waals surface area contributed by atoms with Crippen molar-refractivity contribution in [2.24, 2.45) is 0 Å². The summed E-state index contributed by atoms with van der Waals surface area (Å²) in [6.07, 6.45) is 4.53. The molecule has 2 N–H and O–H groups in total. The van der Waals surface area contributed by atoms with Crippen molar-refractivity contribution in [1.82, 2.24) is 5.32 Å². The SMILES string of the molecule is O=C(CCCOc1ccc2c(c1)CCC(=O)N2)NCC1(c2ccc(Cl)cc2)CC1. The Morgan fingerprint density at radius 3 is 2.69 bits per heavy atom. The lowest BCUT2D eigenvalue weighted by Crippen LogP contribution is -2.32. The molecule has 0 bridgehead atoms. The molecule has 0 radical (unpaired) electrons. The van der Waals surface area contributed by atoms with Crippen molar-refractivity contribution in [1.29, 1.82) is 0 Å². The molecular formula is C23H25ClN2O3. The summed E-state index contributed by atoms with van der Waals surface area (Å²) in [6.45, 7) is 1.16. The first-order chi connectivity index (χ1) is 14.0. The predicted octanol–water partition coefficient (Wildman–Crippen LogP) is 4.23. The largest absolute Gasteiger partial charge is 0.494 e. The molecule has 0 aromatic heterocycles. The summed E-state index contributed by atoms with van der Waals surface area (Å²) in [6, 6.07) is 13.6. The van der Waals surface area contributed by atoms with Crippen LogP contribution >= 0.6 is 11.6 Å². The third-order valence-corrected chi connectivity index (χ3v) is 5.98. The quantitative estimate of drug-likeness (QED) is 0.637. The number of nitrogens with one attached hydrogen (secondary N) is 2. The summed E-state index contributed by atoms with van der Waals surface area (Å²) in [7, 11) is 0. The topological polar surface area (TPSA) is 67.4 Å². The van der Waals surface area contributed by atoms with E-state index < -0.39 is 0 Å². The summed E-state index contributed by atoms with van der Waals surface area (Å²) in [4.78, 5) is 23.6. The minimum absolute atomic E-state index is 0.0567. The number of aryl methyl sites for hydroxylation is 1. The highest BCUT2D eigenvalue weighted by Crippen LogP contribution is 2.47. The van der Waals surface area contributed by atoms with Crippen LogP contribution in [0.15, 0.2) is 42.5 Å². The Kier molecular flexibility index (Phi) is 5.76. The molecule has 2 aromatic rings. The molecular weight excluding hydrogens is 388 g/mol. The molecule has 4 rings (SSSR count). The third-order valence-electron chi connectivity index (χ3n) is 5.72. The van der Waals surface area contributed by atoms with Crippen molar-refractivity contribution in [3.05, 3.63) is 58.6 Å². The van der Waals surface area contributed by atoms with Gasteiger partial charge in [-0.05, 0) is 67.1 Å². The number of ether oxygens (including phenoxy) is 1. The van der Waals surface area contributed by atoms with E-state index in [2.05, 4.69) is 22.8 Å². The summed E-state index contributed by atoms with van der Waals surface area (Å²) in [5.41, 5.74) is 3.28. The van der Waals surface area contributed by atoms with Gasteiger partial charge in [0.25, 0.3) is 0 Å². The fraction of sp³-hybridized carbons (Fsp3) is 0.391. The van der Waals surface area contributed by atoms with Gasteiger partial charge in [-0.1, -0.05) is 23.7 Å². The second kappa shape index (κ2) is 8.46. The molecule has 0 spiro atoms. The van der Waals surface area contributed by atoms with Crippen molar-refractivity contribution in [3.8, 4) is 5.75 Å². The summed E-state index contributed by atoms with van der Waals surface area (Å²) in [5, 5.41) is 6.67. The first-order valence-electron chi connectivity index (χ1n) is 10.1. The molecule has 152 valence electrons. The number of anilines is 1. The fourth-order valence-electron chi connectivity index (χ4n) is 3.75. The van der Waals surface area contributed by atoms with E-state index in [-0.39, 0.29) is 17.2 Å². The number of carbonyl (C=O) groups is 2. The predicted molar refractivity (Wildman–Crippen MR) is 113 cm³/mol. The van der Waals surface area contributed by atoms with Gasteiger partial charge < -0.3 is 15.4 Å².